The van der Waals surface area contributed by atoms with E-state index in [2.05, 4.69) is 42.4 Å². The minimum Gasteiger partial charge on any atom is -0.506 e. The number of carbonyl (C=O) groups excluding carboxylic acids is 1. The number of hydrogen-bond acceptors (Lipinski definition) is 4. The zero-order chi connectivity index (χ0) is 17.5. The normalized spacial score (nSPS) is 10.8. The van der Waals surface area contributed by atoms with E-state index in [9.17, 15) is 9.90 Å². The maximum Gasteiger partial charge on any atom is 0.240 e. The van der Waals surface area contributed by atoms with Crippen molar-refractivity contribution in [1.29, 1.82) is 0 Å². The number of methoxy groups -OCH3 is 1. The molecule has 5 nitrogen and oxygen atoms in total. The Balaban J connectivity index is 1.95. The number of aryl methyl sites for hydroxylation is 1. The van der Waals surface area contributed by atoms with Crippen LogP contribution in [0.2, 0.25) is 0 Å². The van der Waals surface area contributed by atoms with Crippen molar-refractivity contribution in [2.45, 2.75) is 12.8 Å². The number of phenols is 1. The Morgan fingerprint density at radius 3 is 2.71 bits per heavy atom. The van der Waals surface area contributed by atoms with Crippen LogP contribution in [0.4, 0.5) is 0 Å². The summed E-state index contributed by atoms with van der Waals surface area (Å²) in [6, 6.07) is 11.4. The van der Waals surface area contributed by atoms with E-state index < -0.39 is 0 Å². The Morgan fingerprint density at radius 1 is 1.33 bits per heavy atom. The van der Waals surface area contributed by atoms with E-state index in [1.54, 1.807) is 6.07 Å². The van der Waals surface area contributed by atoms with Gasteiger partial charge in [0, 0.05) is 12.0 Å². The average molecular weight is 456 g/mol. The summed E-state index contributed by atoms with van der Waals surface area (Å²) in [7, 11) is 1.50. The predicted molar refractivity (Wildman–Crippen MR) is 101 cm³/mol. The highest BCUT2D eigenvalue weighted by atomic mass is 79.9. The highest BCUT2D eigenvalue weighted by molar-refractivity contribution is 9.11. The van der Waals surface area contributed by atoms with Gasteiger partial charge in [-0.3, -0.25) is 4.79 Å². The average Bonchev–Trinajstić information content (AvgIpc) is 2.59. The fraction of sp³-hybridized carbons (Fsp3) is 0.176. The summed E-state index contributed by atoms with van der Waals surface area (Å²) in [5.74, 6) is 0.273. The highest BCUT2D eigenvalue weighted by Gasteiger charge is 2.14. The number of nitrogens with zero attached hydrogens (tertiary/aromatic N) is 1. The molecule has 0 atom stereocenters. The second kappa shape index (κ2) is 8.84. The van der Waals surface area contributed by atoms with Crippen molar-refractivity contribution in [2.75, 3.05) is 7.11 Å². The number of amides is 1. The molecular formula is C17H16Br2N2O3. The standard InChI is InChI=1S/C17H16Br2N2O3/c1-24-17-13(18)9-12(16(23)15(17)19)10-20-21-14(22)8-7-11-5-3-2-4-6-11/h2-6,9-10,23H,7-8H2,1H3,(H,21,22)/b20-10+. The van der Waals surface area contributed by atoms with E-state index in [4.69, 9.17) is 4.74 Å². The summed E-state index contributed by atoms with van der Waals surface area (Å²) < 4.78 is 6.23. The van der Waals surface area contributed by atoms with Gasteiger partial charge in [0.1, 0.15) is 10.2 Å². The van der Waals surface area contributed by atoms with Crippen molar-refractivity contribution >= 4 is 44.0 Å². The van der Waals surface area contributed by atoms with Crippen LogP contribution in [-0.4, -0.2) is 24.3 Å². The molecule has 0 aliphatic heterocycles. The van der Waals surface area contributed by atoms with Crippen molar-refractivity contribution in [3.63, 3.8) is 0 Å². The molecule has 0 bridgehead atoms. The third-order valence-corrected chi connectivity index (χ3v) is 4.59. The molecule has 0 heterocycles. The van der Waals surface area contributed by atoms with Gasteiger partial charge in [-0.25, -0.2) is 5.43 Å². The molecule has 0 aromatic heterocycles. The number of ether oxygens (including phenoxy) is 1. The van der Waals surface area contributed by atoms with Crippen molar-refractivity contribution in [1.82, 2.24) is 5.43 Å². The quantitative estimate of drug-likeness (QED) is 0.510. The molecule has 0 unspecified atom stereocenters. The van der Waals surface area contributed by atoms with Crippen molar-refractivity contribution in [3.05, 3.63) is 56.5 Å². The van der Waals surface area contributed by atoms with Crippen molar-refractivity contribution in [3.8, 4) is 11.5 Å². The highest BCUT2D eigenvalue weighted by Crippen LogP contribution is 2.41. The molecule has 2 aromatic carbocycles. The predicted octanol–water partition coefficient (Wildman–Crippen LogP) is 4.01. The third-order valence-electron chi connectivity index (χ3n) is 3.26. The van der Waals surface area contributed by atoms with Crippen molar-refractivity contribution < 1.29 is 14.6 Å². The van der Waals surface area contributed by atoms with Crippen LogP contribution in [0, 0.1) is 0 Å². The molecule has 0 fully saturated rings. The lowest BCUT2D eigenvalue weighted by Gasteiger charge is -2.09. The number of aromatic hydroxyl groups is 1. The molecule has 2 rings (SSSR count). The molecule has 126 valence electrons. The van der Waals surface area contributed by atoms with Crippen LogP contribution < -0.4 is 10.2 Å². The van der Waals surface area contributed by atoms with Gasteiger partial charge in [0.2, 0.25) is 5.91 Å². The number of carbonyl (C=O) groups is 1. The zero-order valence-corrected chi connectivity index (χ0v) is 16.1. The summed E-state index contributed by atoms with van der Waals surface area (Å²) in [5.41, 5.74) is 3.99. The zero-order valence-electron chi connectivity index (χ0n) is 12.9. The summed E-state index contributed by atoms with van der Waals surface area (Å²) in [6.45, 7) is 0. The maximum absolute atomic E-state index is 11.8. The Morgan fingerprint density at radius 2 is 2.04 bits per heavy atom. The number of rotatable bonds is 6. The third kappa shape index (κ3) is 4.82. The van der Waals surface area contributed by atoms with E-state index in [1.165, 1.54) is 13.3 Å². The van der Waals surface area contributed by atoms with E-state index >= 15 is 0 Å². The molecule has 0 saturated carbocycles. The Bertz CT molecular complexity index is 749. The van der Waals surface area contributed by atoms with Gasteiger partial charge in [-0.1, -0.05) is 30.3 Å². The Labute approximate surface area is 157 Å². The number of nitrogens with one attached hydrogen (secondary N) is 1. The van der Waals surface area contributed by atoms with Gasteiger partial charge in [-0.2, -0.15) is 5.10 Å². The van der Waals surface area contributed by atoms with Crippen LogP contribution in [0.15, 0.2) is 50.4 Å². The van der Waals surface area contributed by atoms with Crippen LogP contribution in [0.3, 0.4) is 0 Å². The number of benzene rings is 2. The topological polar surface area (TPSA) is 70.9 Å². The molecule has 0 radical (unpaired) electrons. The molecular weight excluding hydrogens is 440 g/mol. The van der Waals surface area contributed by atoms with Crippen molar-refractivity contribution in [2.24, 2.45) is 5.10 Å². The monoisotopic (exact) mass is 454 g/mol. The van der Waals surface area contributed by atoms with Crippen LogP contribution in [-0.2, 0) is 11.2 Å². The van der Waals surface area contributed by atoms with Crippen LogP contribution in [0.1, 0.15) is 17.5 Å². The van der Waals surface area contributed by atoms with Gasteiger partial charge in [0.25, 0.3) is 0 Å². The Kier molecular flexibility index (Phi) is 6.81. The van der Waals surface area contributed by atoms with E-state index in [0.717, 1.165) is 5.56 Å². The molecule has 2 aromatic rings. The largest absolute Gasteiger partial charge is 0.506 e. The molecule has 1 amide bonds. The van der Waals surface area contributed by atoms with Crippen LogP contribution >= 0.6 is 31.9 Å². The smallest absolute Gasteiger partial charge is 0.240 e. The number of phenolic OH excluding ortho intramolecular Hbond substituents is 1. The van der Waals surface area contributed by atoms with E-state index in [-0.39, 0.29) is 11.7 Å². The van der Waals surface area contributed by atoms with Gasteiger partial charge in [0.05, 0.1) is 17.8 Å². The minimum absolute atomic E-state index is 0.0164. The number of hydrogen-bond donors (Lipinski definition) is 2. The van der Waals surface area contributed by atoms with Crippen LogP contribution in [0.5, 0.6) is 11.5 Å². The van der Waals surface area contributed by atoms with E-state index in [0.29, 0.717) is 33.1 Å². The second-order valence-corrected chi connectivity index (χ2v) is 6.57. The fourth-order valence-corrected chi connectivity index (χ4v) is 3.50. The van der Waals surface area contributed by atoms with Gasteiger partial charge < -0.3 is 9.84 Å². The first-order valence-electron chi connectivity index (χ1n) is 7.13. The molecule has 7 heteroatoms. The van der Waals surface area contributed by atoms with Gasteiger partial charge >= 0.3 is 0 Å². The summed E-state index contributed by atoms with van der Waals surface area (Å²) in [4.78, 5) is 11.8. The fourth-order valence-electron chi connectivity index (χ4n) is 2.03. The molecule has 24 heavy (non-hydrogen) atoms. The summed E-state index contributed by atoms with van der Waals surface area (Å²) >= 11 is 6.61. The first-order valence-corrected chi connectivity index (χ1v) is 8.72. The SMILES string of the molecule is COc1c(Br)cc(/C=N/NC(=O)CCc2ccccc2)c(O)c1Br. The first kappa shape index (κ1) is 18.5. The van der Waals surface area contributed by atoms with Gasteiger partial charge in [-0.05, 0) is 49.9 Å². The second-order valence-electron chi connectivity index (χ2n) is 4.92. The summed E-state index contributed by atoms with van der Waals surface area (Å²) in [5, 5.41) is 14.0. The summed E-state index contributed by atoms with van der Waals surface area (Å²) in [6.07, 6.45) is 2.36. The molecule has 2 N–H and O–H groups in total. The molecule has 0 aliphatic carbocycles. The number of hydrazone groups is 1. The van der Waals surface area contributed by atoms with E-state index in [1.807, 2.05) is 30.3 Å². The lowest BCUT2D eigenvalue weighted by Crippen LogP contribution is -2.17. The molecule has 0 aliphatic rings. The first-order chi connectivity index (χ1) is 11.5. The number of halogens is 2. The lowest BCUT2D eigenvalue weighted by atomic mass is 10.1. The lowest BCUT2D eigenvalue weighted by molar-refractivity contribution is -0.121. The molecule has 0 spiro atoms. The minimum atomic E-state index is -0.193. The Hall–Kier alpha value is -1.86. The van der Waals surface area contributed by atoms with Crippen LogP contribution in [0.25, 0.3) is 0 Å². The maximum atomic E-state index is 11.8. The van der Waals surface area contributed by atoms with Gasteiger partial charge in [0.15, 0.2) is 5.75 Å². The molecule has 0 saturated heterocycles. The van der Waals surface area contributed by atoms with Gasteiger partial charge in [-0.15, -0.1) is 0 Å².